The second-order valence-electron chi connectivity index (χ2n) is 5.40. The van der Waals surface area contributed by atoms with E-state index in [0.717, 1.165) is 25.7 Å². The number of hydrogen-bond donors (Lipinski definition) is 2. The van der Waals surface area contributed by atoms with Gasteiger partial charge in [-0.1, -0.05) is 20.3 Å². The lowest BCUT2D eigenvalue weighted by Crippen LogP contribution is -2.48. The predicted molar refractivity (Wildman–Crippen MR) is 66.6 cm³/mol. The van der Waals surface area contributed by atoms with Gasteiger partial charge in [0.1, 0.15) is 0 Å². The Labute approximate surface area is 104 Å². The Bertz CT molecular complexity index is 249. The van der Waals surface area contributed by atoms with Gasteiger partial charge in [-0.05, 0) is 25.2 Å². The third kappa shape index (κ3) is 3.68. The maximum absolute atomic E-state index is 12.1. The second-order valence-corrected chi connectivity index (χ2v) is 5.40. The normalized spacial score (nSPS) is 19.8. The summed E-state index contributed by atoms with van der Waals surface area (Å²) >= 11 is 0. The number of nitrogens with one attached hydrogen (secondary N) is 1. The molecule has 17 heavy (non-hydrogen) atoms. The Morgan fingerprint density at radius 3 is 2.53 bits per heavy atom. The third-order valence-electron chi connectivity index (χ3n) is 3.82. The van der Waals surface area contributed by atoms with Crippen LogP contribution in [-0.4, -0.2) is 37.4 Å². The number of hydrogen-bond acceptors (Lipinski definition) is 3. The number of rotatable bonds is 7. The maximum Gasteiger partial charge on any atom is 0.226 e. The highest BCUT2D eigenvalue weighted by Gasteiger charge is 2.43. The minimum absolute atomic E-state index is 0.0838. The van der Waals surface area contributed by atoms with E-state index in [1.54, 1.807) is 7.11 Å². The minimum atomic E-state index is -0.460. The van der Waals surface area contributed by atoms with Crippen molar-refractivity contribution in [2.75, 3.05) is 20.3 Å². The third-order valence-corrected chi connectivity index (χ3v) is 3.82. The molecule has 100 valence electrons. The molecule has 0 heterocycles. The monoisotopic (exact) mass is 243 g/mol. The highest BCUT2D eigenvalue weighted by molar-refractivity contribution is 5.83. The molecular weight excluding hydrogens is 218 g/mol. The molecule has 1 saturated carbocycles. The number of ether oxygens (including phenoxy) is 1. The van der Waals surface area contributed by atoms with Gasteiger partial charge in [0, 0.05) is 20.3 Å². The molecule has 0 radical (unpaired) electrons. The van der Waals surface area contributed by atoms with Crippen molar-refractivity contribution in [2.24, 2.45) is 11.3 Å². The molecule has 1 fully saturated rings. The van der Waals surface area contributed by atoms with E-state index in [1.807, 2.05) is 13.8 Å². The Morgan fingerprint density at radius 1 is 1.47 bits per heavy atom. The van der Waals surface area contributed by atoms with E-state index in [4.69, 9.17) is 4.74 Å². The van der Waals surface area contributed by atoms with Crippen LogP contribution in [0.25, 0.3) is 0 Å². The summed E-state index contributed by atoms with van der Waals surface area (Å²) < 4.78 is 5.06. The van der Waals surface area contributed by atoms with Gasteiger partial charge in [-0.3, -0.25) is 4.79 Å². The molecule has 4 nitrogen and oxygen atoms in total. The molecule has 0 aliphatic heterocycles. The van der Waals surface area contributed by atoms with Crippen LogP contribution in [0, 0.1) is 11.3 Å². The van der Waals surface area contributed by atoms with E-state index in [2.05, 4.69) is 5.32 Å². The van der Waals surface area contributed by atoms with Crippen LogP contribution in [-0.2, 0) is 9.53 Å². The highest BCUT2D eigenvalue weighted by Crippen LogP contribution is 2.44. The largest absolute Gasteiger partial charge is 0.391 e. The van der Waals surface area contributed by atoms with E-state index in [1.165, 1.54) is 0 Å². The SMILES string of the molecule is COCCC1(C(=O)NCC(O)C(C)C)CCC1. The van der Waals surface area contributed by atoms with Crippen molar-refractivity contribution in [1.29, 1.82) is 0 Å². The van der Waals surface area contributed by atoms with E-state index in [-0.39, 0.29) is 17.2 Å². The molecule has 0 aromatic rings. The zero-order valence-electron chi connectivity index (χ0n) is 11.2. The molecule has 1 rings (SSSR count). The van der Waals surface area contributed by atoms with Crippen LogP contribution in [0.5, 0.6) is 0 Å². The fourth-order valence-electron chi connectivity index (χ4n) is 2.11. The standard InChI is InChI=1S/C13H25NO3/c1-10(2)11(15)9-14-12(16)13(5-4-6-13)7-8-17-3/h10-11,15H,4-9H2,1-3H3,(H,14,16). The first kappa shape index (κ1) is 14.5. The molecule has 0 aromatic carbocycles. The first-order valence-electron chi connectivity index (χ1n) is 6.47. The summed E-state index contributed by atoms with van der Waals surface area (Å²) in [6.07, 6.45) is 3.33. The number of amides is 1. The first-order valence-corrected chi connectivity index (χ1v) is 6.47. The summed E-state index contributed by atoms with van der Waals surface area (Å²) in [4.78, 5) is 12.1. The van der Waals surface area contributed by atoms with Crippen molar-refractivity contribution in [3.8, 4) is 0 Å². The summed E-state index contributed by atoms with van der Waals surface area (Å²) in [5.41, 5.74) is -0.229. The Morgan fingerprint density at radius 2 is 2.12 bits per heavy atom. The van der Waals surface area contributed by atoms with Crippen LogP contribution in [0.15, 0.2) is 0 Å². The quantitative estimate of drug-likeness (QED) is 0.709. The first-order chi connectivity index (χ1) is 8.02. The van der Waals surface area contributed by atoms with Crippen LogP contribution in [0.2, 0.25) is 0 Å². The molecule has 0 bridgehead atoms. The number of methoxy groups -OCH3 is 1. The Hall–Kier alpha value is -0.610. The van der Waals surface area contributed by atoms with Gasteiger partial charge >= 0.3 is 0 Å². The lowest BCUT2D eigenvalue weighted by atomic mass is 9.66. The molecule has 4 heteroatoms. The van der Waals surface area contributed by atoms with E-state index in [0.29, 0.717) is 13.2 Å². The smallest absolute Gasteiger partial charge is 0.226 e. The molecule has 1 amide bonds. The van der Waals surface area contributed by atoms with Crippen molar-refractivity contribution in [3.63, 3.8) is 0 Å². The molecule has 0 spiro atoms. The van der Waals surface area contributed by atoms with Gasteiger partial charge in [-0.2, -0.15) is 0 Å². The van der Waals surface area contributed by atoms with Crippen LogP contribution in [0.3, 0.4) is 0 Å². The number of aliphatic hydroxyl groups is 1. The second kappa shape index (κ2) is 6.36. The molecule has 1 aliphatic carbocycles. The van der Waals surface area contributed by atoms with Gasteiger partial charge in [-0.25, -0.2) is 0 Å². The van der Waals surface area contributed by atoms with Gasteiger partial charge in [0.25, 0.3) is 0 Å². The van der Waals surface area contributed by atoms with Crippen LogP contribution in [0.4, 0.5) is 0 Å². The van der Waals surface area contributed by atoms with Crippen LogP contribution >= 0.6 is 0 Å². The summed E-state index contributed by atoms with van der Waals surface area (Å²) in [7, 11) is 1.66. The van der Waals surface area contributed by atoms with Gasteiger partial charge in [0.05, 0.1) is 11.5 Å². The van der Waals surface area contributed by atoms with Gasteiger partial charge in [0.2, 0.25) is 5.91 Å². The lowest BCUT2D eigenvalue weighted by Gasteiger charge is -2.40. The summed E-state index contributed by atoms with van der Waals surface area (Å²) in [5, 5.41) is 12.5. The molecule has 0 saturated heterocycles. The molecule has 0 aromatic heterocycles. The molecular formula is C13H25NO3. The van der Waals surface area contributed by atoms with Crippen LogP contribution in [0.1, 0.15) is 39.5 Å². The fraction of sp³-hybridized carbons (Fsp3) is 0.923. The van der Waals surface area contributed by atoms with E-state index < -0.39 is 6.10 Å². The Kier molecular flexibility index (Phi) is 5.40. The average Bonchev–Trinajstić information content (AvgIpc) is 2.24. The Balaban J connectivity index is 2.39. The zero-order valence-corrected chi connectivity index (χ0v) is 11.2. The van der Waals surface area contributed by atoms with Crippen LogP contribution < -0.4 is 5.32 Å². The highest BCUT2D eigenvalue weighted by atomic mass is 16.5. The number of carbonyl (C=O) groups excluding carboxylic acids is 1. The van der Waals surface area contributed by atoms with Crippen molar-refractivity contribution < 1.29 is 14.6 Å². The lowest BCUT2D eigenvalue weighted by molar-refractivity contribution is -0.138. The fourth-order valence-corrected chi connectivity index (χ4v) is 2.11. The molecule has 2 N–H and O–H groups in total. The molecule has 1 aliphatic rings. The van der Waals surface area contributed by atoms with Gasteiger partial charge < -0.3 is 15.2 Å². The predicted octanol–water partition coefficient (Wildman–Crippen LogP) is 1.33. The summed E-state index contributed by atoms with van der Waals surface area (Å²) in [5.74, 6) is 0.257. The number of carbonyl (C=O) groups is 1. The molecule has 1 unspecified atom stereocenters. The van der Waals surface area contributed by atoms with Crippen molar-refractivity contribution >= 4 is 5.91 Å². The minimum Gasteiger partial charge on any atom is -0.391 e. The van der Waals surface area contributed by atoms with Gasteiger partial charge in [-0.15, -0.1) is 0 Å². The van der Waals surface area contributed by atoms with Crippen molar-refractivity contribution in [3.05, 3.63) is 0 Å². The average molecular weight is 243 g/mol. The number of aliphatic hydroxyl groups excluding tert-OH is 1. The van der Waals surface area contributed by atoms with E-state index >= 15 is 0 Å². The van der Waals surface area contributed by atoms with Gasteiger partial charge in [0.15, 0.2) is 0 Å². The molecule has 1 atom stereocenters. The topological polar surface area (TPSA) is 58.6 Å². The van der Waals surface area contributed by atoms with Crippen molar-refractivity contribution in [1.82, 2.24) is 5.32 Å². The van der Waals surface area contributed by atoms with Crippen molar-refractivity contribution in [2.45, 2.75) is 45.6 Å². The zero-order chi connectivity index (χ0) is 12.9. The van der Waals surface area contributed by atoms with E-state index in [9.17, 15) is 9.90 Å². The summed E-state index contributed by atoms with van der Waals surface area (Å²) in [6.45, 7) is 4.87. The summed E-state index contributed by atoms with van der Waals surface area (Å²) in [6, 6.07) is 0. The maximum atomic E-state index is 12.1.